The number of thiophene rings is 1. The summed E-state index contributed by atoms with van der Waals surface area (Å²) < 4.78 is 0. The average molecular weight is 413 g/mol. The maximum absolute atomic E-state index is 13.3. The highest BCUT2D eigenvalue weighted by molar-refractivity contribution is 7.12. The first-order chi connectivity index (χ1) is 14.1. The Kier molecular flexibility index (Phi) is 5.98. The molecule has 1 N–H and O–H groups in total. The van der Waals surface area contributed by atoms with E-state index in [0.29, 0.717) is 13.0 Å². The lowest BCUT2D eigenvalue weighted by Gasteiger charge is -2.52. The minimum Gasteiger partial charge on any atom is -0.389 e. The van der Waals surface area contributed by atoms with Gasteiger partial charge in [0.2, 0.25) is 0 Å². The normalized spacial score (nSPS) is 26.8. The van der Waals surface area contributed by atoms with Crippen LogP contribution in [0.1, 0.15) is 67.2 Å². The molecule has 2 heterocycles. The maximum atomic E-state index is 13.3. The molecule has 3 atom stereocenters. The summed E-state index contributed by atoms with van der Waals surface area (Å²) in [5.74, 6) is 0.207. The zero-order valence-corrected chi connectivity index (χ0v) is 18.3. The van der Waals surface area contributed by atoms with Crippen molar-refractivity contribution < 1.29 is 9.90 Å². The third kappa shape index (κ3) is 3.82. The molecule has 2 fully saturated rings. The Morgan fingerprint density at radius 3 is 2.59 bits per heavy atom. The summed E-state index contributed by atoms with van der Waals surface area (Å²) in [5, 5.41) is 13.4. The van der Waals surface area contributed by atoms with Gasteiger partial charge in [-0.25, -0.2) is 0 Å². The molecule has 1 saturated carbocycles. The molecule has 2 aromatic rings. The number of carbonyl (C=O) groups excluding carboxylic acids is 1. The minimum absolute atomic E-state index is 0.0607. The van der Waals surface area contributed by atoms with Crippen molar-refractivity contribution in [2.75, 3.05) is 24.5 Å². The van der Waals surface area contributed by atoms with E-state index in [0.717, 1.165) is 49.2 Å². The number of fused-ring (bicyclic) bond motifs is 1. The predicted octanol–water partition coefficient (Wildman–Crippen LogP) is 5.10. The van der Waals surface area contributed by atoms with Gasteiger partial charge in [-0.1, -0.05) is 31.0 Å². The zero-order valence-electron chi connectivity index (χ0n) is 17.5. The van der Waals surface area contributed by atoms with Crippen LogP contribution in [0.15, 0.2) is 41.8 Å². The van der Waals surface area contributed by atoms with E-state index in [1.54, 1.807) is 0 Å². The molecule has 4 rings (SSSR count). The summed E-state index contributed by atoms with van der Waals surface area (Å²) in [6.45, 7) is 6.91. The molecule has 156 valence electrons. The van der Waals surface area contributed by atoms with Crippen LogP contribution in [0.2, 0.25) is 0 Å². The number of rotatable bonds is 5. The lowest BCUT2D eigenvalue weighted by Crippen LogP contribution is -2.56. The number of carbonyl (C=O) groups is 1. The molecular weight excluding hydrogens is 380 g/mol. The van der Waals surface area contributed by atoms with E-state index >= 15 is 0 Å². The highest BCUT2D eigenvalue weighted by Crippen LogP contribution is 2.49. The number of benzene rings is 1. The molecule has 1 saturated heterocycles. The molecule has 0 unspecified atom stereocenters. The molecule has 1 aromatic carbocycles. The fourth-order valence-corrected chi connectivity index (χ4v) is 6.01. The Labute approximate surface area is 178 Å². The second kappa shape index (κ2) is 8.49. The zero-order chi connectivity index (χ0) is 20.4. The highest BCUT2D eigenvalue weighted by atomic mass is 32.1. The van der Waals surface area contributed by atoms with Crippen molar-refractivity contribution in [2.24, 2.45) is 5.92 Å². The molecule has 0 bridgehead atoms. The fourth-order valence-electron chi connectivity index (χ4n) is 5.33. The quantitative estimate of drug-likeness (QED) is 0.743. The summed E-state index contributed by atoms with van der Waals surface area (Å²) in [7, 11) is 0. The second-order valence-corrected chi connectivity index (χ2v) is 9.34. The SMILES string of the molecule is CCN(CC)c1ccc([C@H]2[C@H]3CCCC[C@]3(O)CCN2C(=O)c2cccs2)cc1. The Morgan fingerprint density at radius 2 is 1.93 bits per heavy atom. The highest BCUT2D eigenvalue weighted by Gasteiger charge is 2.50. The van der Waals surface area contributed by atoms with Crippen LogP contribution >= 0.6 is 11.3 Å². The van der Waals surface area contributed by atoms with Gasteiger partial charge in [-0.2, -0.15) is 0 Å². The van der Waals surface area contributed by atoms with Gasteiger partial charge in [0.25, 0.3) is 5.91 Å². The van der Waals surface area contributed by atoms with Gasteiger partial charge >= 0.3 is 0 Å². The number of piperidine rings is 1. The van der Waals surface area contributed by atoms with E-state index in [2.05, 4.69) is 43.0 Å². The lowest BCUT2D eigenvalue weighted by molar-refractivity contribution is -0.114. The number of likely N-dealkylation sites (tertiary alicyclic amines) is 1. The average Bonchev–Trinajstić information content (AvgIpc) is 3.28. The lowest BCUT2D eigenvalue weighted by atomic mass is 9.66. The Balaban J connectivity index is 1.70. The van der Waals surface area contributed by atoms with Crippen LogP contribution in [-0.2, 0) is 0 Å². The van der Waals surface area contributed by atoms with Crippen LogP contribution < -0.4 is 4.90 Å². The molecule has 2 aliphatic rings. The van der Waals surface area contributed by atoms with Gasteiger partial charge in [0.1, 0.15) is 0 Å². The second-order valence-electron chi connectivity index (χ2n) is 8.39. The van der Waals surface area contributed by atoms with Crippen molar-refractivity contribution >= 4 is 22.9 Å². The predicted molar refractivity (Wildman–Crippen MR) is 120 cm³/mol. The molecule has 5 heteroatoms. The maximum Gasteiger partial charge on any atom is 0.264 e. The van der Waals surface area contributed by atoms with Crippen molar-refractivity contribution in [3.05, 3.63) is 52.2 Å². The molecule has 0 radical (unpaired) electrons. The van der Waals surface area contributed by atoms with E-state index in [-0.39, 0.29) is 17.9 Å². The third-order valence-electron chi connectivity index (χ3n) is 6.92. The Morgan fingerprint density at radius 1 is 1.17 bits per heavy atom. The van der Waals surface area contributed by atoms with E-state index in [9.17, 15) is 9.90 Å². The summed E-state index contributed by atoms with van der Waals surface area (Å²) in [6.07, 6.45) is 4.73. The van der Waals surface area contributed by atoms with Gasteiger partial charge in [0.15, 0.2) is 0 Å². The van der Waals surface area contributed by atoms with Crippen molar-refractivity contribution in [1.29, 1.82) is 0 Å². The first-order valence-electron chi connectivity index (χ1n) is 11.0. The van der Waals surface area contributed by atoms with E-state index in [1.807, 2.05) is 22.4 Å². The van der Waals surface area contributed by atoms with Crippen LogP contribution in [0.5, 0.6) is 0 Å². The first kappa shape index (κ1) is 20.4. The van der Waals surface area contributed by atoms with E-state index in [1.165, 1.54) is 17.0 Å². The molecule has 1 aromatic heterocycles. The molecule has 0 spiro atoms. The standard InChI is InChI=1S/C24H32N2O2S/c1-3-25(4-2)19-12-10-18(11-13-19)22-20-8-5-6-14-24(20,28)15-16-26(22)23(27)21-9-7-17-29-21/h7,9-13,17,20,22,28H,3-6,8,14-16H2,1-2H3/t20-,22+,24+/m1/s1. The minimum atomic E-state index is -0.646. The van der Waals surface area contributed by atoms with Gasteiger partial charge in [0, 0.05) is 31.2 Å². The van der Waals surface area contributed by atoms with Crippen molar-refractivity contribution in [2.45, 2.75) is 57.6 Å². The largest absolute Gasteiger partial charge is 0.389 e. The topological polar surface area (TPSA) is 43.8 Å². The smallest absolute Gasteiger partial charge is 0.264 e. The third-order valence-corrected chi connectivity index (χ3v) is 7.78. The monoisotopic (exact) mass is 412 g/mol. The van der Waals surface area contributed by atoms with Crippen LogP contribution in [0, 0.1) is 5.92 Å². The first-order valence-corrected chi connectivity index (χ1v) is 11.9. The van der Waals surface area contributed by atoms with Crippen LogP contribution in [0.4, 0.5) is 5.69 Å². The van der Waals surface area contributed by atoms with Crippen LogP contribution in [-0.4, -0.2) is 41.1 Å². The van der Waals surface area contributed by atoms with Gasteiger partial charge in [-0.05, 0) is 62.3 Å². The number of amides is 1. The number of aliphatic hydroxyl groups is 1. The Hall–Kier alpha value is -1.85. The fraction of sp³-hybridized carbons (Fsp3) is 0.542. The molecule has 1 aliphatic carbocycles. The van der Waals surface area contributed by atoms with Gasteiger partial charge in [-0.3, -0.25) is 4.79 Å². The van der Waals surface area contributed by atoms with Gasteiger partial charge in [0.05, 0.1) is 16.5 Å². The summed E-state index contributed by atoms with van der Waals surface area (Å²) in [6, 6.07) is 12.5. The molecule has 1 aliphatic heterocycles. The van der Waals surface area contributed by atoms with Gasteiger partial charge < -0.3 is 14.9 Å². The van der Waals surface area contributed by atoms with E-state index in [4.69, 9.17) is 0 Å². The number of hydrogen-bond donors (Lipinski definition) is 1. The Bertz CT molecular complexity index is 816. The number of hydrogen-bond acceptors (Lipinski definition) is 4. The molecule has 29 heavy (non-hydrogen) atoms. The summed E-state index contributed by atoms with van der Waals surface area (Å²) >= 11 is 1.50. The molecular formula is C24H32N2O2S. The van der Waals surface area contributed by atoms with Crippen LogP contribution in [0.25, 0.3) is 0 Å². The summed E-state index contributed by atoms with van der Waals surface area (Å²) in [4.78, 5) is 18.5. The van der Waals surface area contributed by atoms with Crippen LogP contribution in [0.3, 0.4) is 0 Å². The number of anilines is 1. The van der Waals surface area contributed by atoms with Crippen molar-refractivity contribution in [1.82, 2.24) is 4.90 Å². The van der Waals surface area contributed by atoms with E-state index < -0.39 is 5.60 Å². The van der Waals surface area contributed by atoms with Crippen molar-refractivity contribution in [3.63, 3.8) is 0 Å². The summed E-state index contributed by atoms with van der Waals surface area (Å²) in [5.41, 5.74) is 1.72. The van der Waals surface area contributed by atoms with Crippen molar-refractivity contribution in [3.8, 4) is 0 Å². The molecule has 4 nitrogen and oxygen atoms in total. The van der Waals surface area contributed by atoms with Gasteiger partial charge in [-0.15, -0.1) is 11.3 Å². The molecule has 1 amide bonds. The number of nitrogens with zero attached hydrogens (tertiary/aromatic N) is 2.